The van der Waals surface area contributed by atoms with E-state index < -0.39 is 29.4 Å². The van der Waals surface area contributed by atoms with Gasteiger partial charge in [-0.05, 0) is 35.1 Å². The van der Waals surface area contributed by atoms with Gasteiger partial charge in [-0.15, -0.1) is 11.8 Å². The summed E-state index contributed by atoms with van der Waals surface area (Å²) in [4.78, 5) is 38.7. The Morgan fingerprint density at radius 2 is 1.74 bits per heavy atom. The molecular formula is C23H21N2O5S-. The molecule has 1 aliphatic carbocycles. The Hall–Kier alpha value is -2.84. The largest absolute Gasteiger partial charge is 0.548 e. The highest BCUT2D eigenvalue weighted by Crippen LogP contribution is 2.45. The molecule has 2 N–H and O–H groups in total. The Balaban J connectivity index is 1.36. The van der Waals surface area contributed by atoms with Crippen molar-refractivity contribution in [2.75, 3.05) is 12.4 Å². The Morgan fingerprint density at radius 1 is 1.13 bits per heavy atom. The number of amides is 1. The molecule has 2 fully saturated rings. The maximum absolute atomic E-state index is 13.1. The van der Waals surface area contributed by atoms with Crippen LogP contribution in [0.4, 0.5) is 0 Å². The Kier molecular flexibility index (Phi) is 4.79. The number of carbonyl (C=O) groups is 3. The van der Waals surface area contributed by atoms with Gasteiger partial charge in [-0.1, -0.05) is 48.5 Å². The van der Waals surface area contributed by atoms with E-state index in [-0.39, 0.29) is 30.1 Å². The Labute approximate surface area is 183 Å². The molecule has 2 aromatic carbocycles. The normalized spacial score (nSPS) is 26.9. The number of aliphatic carboxylic acids is 1. The van der Waals surface area contributed by atoms with Crippen molar-refractivity contribution in [2.45, 2.75) is 35.7 Å². The van der Waals surface area contributed by atoms with Crippen LogP contribution >= 0.6 is 11.8 Å². The summed E-state index contributed by atoms with van der Waals surface area (Å²) in [5.41, 5.74) is 8.69. The summed E-state index contributed by atoms with van der Waals surface area (Å²) in [6, 6.07) is 14.8. The molecule has 0 aromatic heterocycles. The van der Waals surface area contributed by atoms with E-state index in [9.17, 15) is 19.5 Å². The van der Waals surface area contributed by atoms with E-state index in [0.29, 0.717) is 6.42 Å². The molecule has 0 radical (unpaired) electrons. The number of nitrogens with zero attached hydrogens (tertiary/aromatic N) is 1. The fraction of sp³-hybridized carbons (Fsp3) is 0.348. The van der Waals surface area contributed by atoms with Crippen molar-refractivity contribution in [3.8, 4) is 11.1 Å². The number of carboxylic acids is 1. The van der Waals surface area contributed by atoms with Gasteiger partial charge in [-0.3, -0.25) is 4.79 Å². The average molecular weight is 437 g/mol. The van der Waals surface area contributed by atoms with Crippen LogP contribution in [-0.4, -0.2) is 52.1 Å². The lowest BCUT2D eigenvalue weighted by molar-refractivity contribution is -0.310. The van der Waals surface area contributed by atoms with E-state index in [0.717, 1.165) is 22.3 Å². The van der Waals surface area contributed by atoms with Gasteiger partial charge in [-0.25, -0.2) is 4.79 Å². The van der Waals surface area contributed by atoms with Gasteiger partial charge in [0.15, 0.2) is 5.54 Å². The van der Waals surface area contributed by atoms with Gasteiger partial charge in [0.1, 0.15) is 6.61 Å². The summed E-state index contributed by atoms with van der Waals surface area (Å²) in [5.74, 6) is -2.75. The molecular weight excluding hydrogens is 416 g/mol. The number of ether oxygens (including phenoxy) is 1. The predicted molar refractivity (Wildman–Crippen MR) is 113 cm³/mol. The number of esters is 1. The van der Waals surface area contributed by atoms with Gasteiger partial charge in [0.05, 0.1) is 17.4 Å². The van der Waals surface area contributed by atoms with Gasteiger partial charge >= 0.3 is 5.97 Å². The second kappa shape index (κ2) is 7.39. The number of carboxylic acid groups (broad SMARTS) is 1. The molecule has 0 saturated carbocycles. The second-order valence-electron chi connectivity index (χ2n) is 8.17. The maximum Gasteiger partial charge on any atom is 0.336 e. The number of hydrogen-bond acceptors (Lipinski definition) is 7. The highest BCUT2D eigenvalue weighted by atomic mass is 32.2. The third-order valence-electron chi connectivity index (χ3n) is 6.47. The monoisotopic (exact) mass is 437 g/mol. The predicted octanol–water partition coefficient (Wildman–Crippen LogP) is 0.853. The highest BCUT2D eigenvalue weighted by Gasteiger charge is 2.55. The maximum atomic E-state index is 13.1. The third-order valence-corrected chi connectivity index (χ3v) is 7.83. The molecule has 2 aromatic rings. The summed E-state index contributed by atoms with van der Waals surface area (Å²) in [5, 5.41) is 11.1. The van der Waals surface area contributed by atoms with Crippen molar-refractivity contribution in [2.24, 2.45) is 5.73 Å². The van der Waals surface area contributed by atoms with E-state index in [2.05, 4.69) is 0 Å². The molecule has 2 saturated heterocycles. The number of hydrogen-bond donors (Lipinski definition) is 1. The first kappa shape index (κ1) is 20.1. The van der Waals surface area contributed by atoms with Crippen molar-refractivity contribution in [3.63, 3.8) is 0 Å². The number of fused-ring (bicyclic) bond motifs is 4. The van der Waals surface area contributed by atoms with Gasteiger partial charge < -0.3 is 25.3 Å². The van der Waals surface area contributed by atoms with Crippen LogP contribution in [0.15, 0.2) is 48.5 Å². The molecule has 2 aliphatic heterocycles. The summed E-state index contributed by atoms with van der Waals surface area (Å²) >= 11 is 1.37. The van der Waals surface area contributed by atoms with Crippen molar-refractivity contribution >= 4 is 29.6 Å². The minimum Gasteiger partial charge on any atom is -0.548 e. The zero-order valence-corrected chi connectivity index (χ0v) is 17.5. The van der Waals surface area contributed by atoms with Crippen molar-refractivity contribution in [1.82, 2.24) is 4.90 Å². The zero-order chi connectivity index (χ0) is 21.8. The van der Waals surface area contributed by atoms with Gasteiger partial charge in [0.2, 0.25) is 0 Å². The van der Waals surface area contributed by atoms with Crippen LogP contribution in [0.5, 0.6) is 0 Å². The average Bonchev–Trinajstić information content (AvgIpc) is 3.35. The first-order chi connectivity index (χ1) is 14.9. The quantitative estimate of drug-likeness (QED) is 0.557. The van der Waals surface area contributed by atoms with Crippen molar-refractivity contribution < 1.29 is 24.2 Å². The fourth-order valence-electron chi connectivity index (χ4n) is 4.84. The smallest absolute Gasteiger partial charge is 0.336 e. The summed E-state index contributed by atoms with van der Waals surface area (Å²) in [6.07, 6.45) is 0.553. The number of thioether (sulfide) groups is 1. The lowest BCUT2D eigenvalue weighted by Crippen LogP contribution is -2.67. The summed E-state index contributed by atoms with van der Waals surface area (Å²) in [6.45, 7) is 0.0567. The van der Waals surface area contributed by atoms with Gasteiger partial charge in [0, 0.05) is 11.7 Å². The van der Waals surface area contributed by atoms with Crippen LogP contribution in [-0.2, 0) is 19.1 Å². The van der Waals surface area contributed by atoms with Crippen molar-refractivity contribution in [1.29, 1.82) is 0 Å². The Morgan fingerprint density at radius 3 is 2.35 bits per heavy atom. The number of nitrogens with two attached hydrogens (primary N) is 1. The van der Waals surface area contributed by atoms with E-state index in [4.69, 9.17) is 10.5 Å². The molecule has 0 bridgehead atoms. The number of piperidine rings is 1. The van der Waals surface area contributed by atoms with Crippen LogP contribution in [0.3, 0.4) is 0 Å². The molecule has 3 aliphatic rings. The molecule has 3 atom stereocenters. The lowest BCUT2D eigenvalue weighted by atomic mass is 9.88. The number of carbonyl (C=O) groups excluding carboxylic acids is 3. The molecule has 2 heterocycles. The van der Waals surface area contributed by atoms with Crippen LogP contribution in [0, 0.1) is 0 Å². The molecule has 0 spiro atoms. The standard InChI is InChI=1S/C23H22N2O5S/c24-23(10-9-19-25(21(23)28)18(12-31-19)20(26)27)22(29)30-11-17-15-7-3-1-5-13(15)14-6-2-4-8-16(14)17/h1-8,17-19H,9-12,24H2,(H,26,27)/p-1/t18-,19-,23-/m0/s1. The minimum atomic E-state index is -1.88. The third kappa shape index (κ3) is 3.04. The number of rotatable bonds is 4. The topological polar surface area (TPSA) is 113 Å². The molecule has 1 amide bonds. The van der Waals surface area contributed by atoms with Crippen LogP contribution in [0.25, 0.3) is 11.1 Å². The van der Waals surface area contributed by atoms with Gasteiger partial charge in [0.25, 0.3) is 5.91 Å². The number of benzene rings is 2. The SMILES string of the molecule is N[C@@]1(C(=O)OCC2c3ccccc3-c3ccccc32)CC[C@@H]2SC[C@@H](C(=O)[O-])N2C1=O. The van der Waals surface area contributed by atoms with E-state index >= 15 is 0 Å². The second-order valence-corrected chi connectivity index (χ2v) is 9.38. The molecule has 7 nitrogen and oxygen atoms in total. The minimum absolute atomic E-state index is 0.0567. The van der Waals surface area contributed by atoms with Crippen LogP contribution in [0.2, 0.25) is 0 Å². The first-order valence-electron chi connectivity index (χ1n) is 10.2. The highest BCUT2D eigenvalue weighted by molar-refractivity contribution is 8.00. The Bertz CT molecular complexity index is 1040. The molecule has 31 heavy (non-hydrogen) atoms. The fourth-order valence-corrected chi connectivity index (χ4v) is 6.23. The first-order valence-corrected chi connectivity index (χ1v) is 11.3. The molecule has 8 heteroatoms. The molecule has 5 rings (SSSR count). The van der Waals surface area contributed by atoms with Crippen LogP contribution < -0.4 is 10.8 Å². The van der Waals surface area contributed by atoms with E-state index in [1.54, 1.807) is 0 Å². The molecule has 160 valence electrons. The summed E-state index contributed by atoms with van der Waals surface area (Å²) < 4.78 is 5.62. The van der Waals surface area contributed by atoms with E-state index in [1.807, 2.05) is 48.5 Å². The zero-order valence-electron chi connectivity index (χ0n) is 16.7. The van der Waals surface area contributed by atoms with Gasteiger partial charge in [-0.2, -0.15) is 0 Å². The van der Waals surface area contributed by atoms with Crippen LogP contribution in [0.1, 0.15) is 29.9 Å². The van der Waals surface area contributed by atoms with E-state index in [1.165, 1.54) is 16.7 Å². The summed E-state index contributed by atoms with van der Waals surface area (Å²) in [7, 11) is 0. The molecule has 0 unspecified atom stereocenters. The van der Waals surface area contributed by atoms with Crippen molar-refractivity contribution in [3.05, 3.63) is 59.7 Å². The lowest BCUT2D eigenvalue weighted by Gasteiger charge is -2.41.